The summed E-state index contributed by atoms with van der Waals surface area (Å²) < 4.78 is 5.99. The molecule has 1 heterocycles. The number of hydrogen-bond acceptors (Lipinski definition) is 5. The second-order valence-electron chi connectivity index (χ2n) is 3.90. The molecule has 0 unspecified atom stereocenters. The average Bonchev–Trinajstić information content (AvgIpc) is 2.88. The molecule has 0 atom stereocenters. The molecule has 1 aromatic heterocycles. The van der Waals surface area contributed by atoms with Gasteiger partial charge in [-0.15, -0.1) is 11.3 Å². The Balaban J connectivity index is 2.12. The van der Waals surface area contributed by atoms with Crippen LogP contribution in [0.5, 0.6) is 5.75 Å². The summed E-state index contributed by atoms with van der Waals surface area (Å²) in [5.74, 6) is 0.739. The van der Waals surface area contributed by atoms with Crippen LogP contribution in [0.4, 0.5) is 0 Å². The van der Waals surface area contributed by atoms with Crippen molar-refractivity contribution in [2.45, 2.75) is 13.0 Å². The Bertz CT molecular complexity index is 598. The van der Waals surface area contributed by atoms with E-state index < -0.39 is 0 Å². The van der Waals surface area contributed by atoms with Gasteiger partial charge in [-0.05, 0) is 33.6 Å². The predicted molar refractivity (Wildman–Crippen MR) is 78.7 cm³/mol. The molecule has 2 rings (SSSR count). The zero-order valence-corrected chi connectivity index (χ0v) is 12.8. The van der Waals surface area contributed by atoms with Crippen LogP contribution in [-0.4, -0.2) is 17.9 Å². The quantitative estimate of drug-likeness (QED) is 0.850. The summed E-state index contributed by atoms with van der Waals surface area (Å²) in [4.78, 5) is 16.3. The number of thiazole rings is 1. The lowest BCUT2D eigenvalue weighted by atomic mass is 10.1. The van der Waals surface area contributed by atoms with E-state index in [0.717, 1.165) is 20.8 Å². The summed E-state index contributed by atoms with van der Waals surface area (Å²) in [5.41, 5.74) is 6.88. The maximum atomic E-state index is 12.1. The van der Waals surface area contributed by atoms with Crippen LogP contribution in [0.15, 0.2) is 28.1 Å². The van der Waals surface area contributed by atoms with E-state index in [1.54, 1.807) is 12.5 Å². The normalized spacial score (nSPS) is 10.5. The number of carbonyl (C=O) groups is 1. The molecule has 19 heavy (non-hydrogen) atoms. The number of halogens is 1. The van der Waals surface area contributed by atoms with Crippen LogP contribution in [0, 0.1) is 0 Å². The van der Waals surface area contributed by atoms with Crippen molar-refractivity contribution in [3.05, 3.63) is 44.3 Å². The fourth-order valence-corrected chi connectivity index (χ4v) is 2.90. The summed E-state index contributed by atoms with van der Waals surface area (Å²) in [7, 11) is 1.61. The first-order valence-electron chi connectivity index (χ1n) is 5.64. The molecule has 0 amide bonds. The molecule has 2 aromatic rings. The Morgan fingerprint density at radius 3 is 2.89 bits per heavy atom. The Hall–Kier alpha value is -1.24. The Labute approximate surface area is 123 Å². The summed E-state index contributed by atoms with van der Waals surface area (Å²) in [6.45, 7) is 0.367. The molecule has 0 saturated heterocycles. The van der Waals surface area contributed by atoms with Gasteiger partial charge >= 0.3 is 0 Å². The highest BCUT2D eigenvalue weighted by Gasteiger charge is 2.12. The molecule has 0 spiro atoms. The highest BCUT2D eigenvalue weighted by Crippen LogP contribution is 2.26. The lowest BCUT2D eigenvalue weighted by molar-refractivity contribution is 0.0988. The number of nitrogens with zero attached hydrogens (tertiary/aromatic N) is 1. The summed E-state index contributed by atoms with van der Waals surface area (Å²) in [5, 5.41) is 2.53. The Morgan fingerprint density at radius 1 is 1.53 bits per heavy atom. The number of nitrogens with two attached hydrogens (primary N) is 1. The van der Waals surface area contributed by atoms with Gasteiger partial charge in [0.1, 0.15) is 16.5 Å². The van der Waals surface area contributed by atoms with E-state index in [-0.39, 0.29) is 5.78 Å². The van der Waals surface area contributed by atoms with Gasteiger partial charge < -0.3 is 10.5 Å². The van der Waals surface area contributed by atoms with Crippen molar-refractivity contribution in [2.75, 3.05) is 7.11 Å². The summed E-state index contributed by atoms with van der Waals surface area (Å²) >= 11 is 4.81. The third kappa shape index (κ3) is 3.40. The Morgan fingerprint density at radius 2 is 2.32 bits per heavy atom. The van der Waals surface area contributed by atoms with E-state index in [4.69, 9.17) is 10.5 Å². The molecule has 0 saturated carbocycles. The smallest absolute Gasteiger partial charge is 0.186 e. The van der Waals surface area contributed by atoms with E-state index in [0.29, 0.717) is 18.7 Å². The maximum absolute atomic E-state index is 12.1. The van der Waals surface area contributed by atoms with Crippen molar-refractivity contribution >= 4 is 33.0 Å². The minimum atomic E-state index is -0.00647. The zero-order valence-electron chi connectivity index (χ0n) is 10.4. The molecule has 0 aliphatic rings. The van der Waals surface area contributed by atoms with Gasteiger partial charge in [-0.3, -0.25) is 4.79 Å². The molecule has 0 fully saturated rings. The highest BCUT2D eigenvalue weighted by atomic mass is 79.9. The van der Waals surface area contributed by atoms with Gasteiger partial charge in [0, 0.05) is 18.3 Å². The molecule has 0 aliphatic heterocycles. The standard InChI is InChI=1S/C13H13BrN2O2S/c1-18-12-3-2-8(4-9(12)14)5-11(17)10-7-19-13(6-15)16-10/h2-4,7H,5-6,15H2,1H3. The molecular formula is C13H13BrN2O2S. The molecule has 0 aliphatic carbocycles. The fourth-order valence-electron chi connectivity index (χ4n) is 1.63. The molecule has 0 bridgehead atoms. The zero-order chi connectivity index (χ0) is 13.8. The third-order valence-electron chi connectivity index (χ3n) is 2.59. The number of rotatable bonds is 5. The van der Waals surface area contributed by atoms with E-state index in [1.165, 1.54) is 11.3 Å². The highest BCUT2D eigenvalue weighted by molar-refractivity contribution is 9.10. The summed E-state index contributed by atoms with van der Waals surface area (Å²) in [6.07, 6.45) is 0.316. The first-order valence-corrected chi connectivity index (χ1v) is 7.31. The van der Waals surface area contributed by atoms with Crippen molar-refractivity contribution in [3.63, 3.8) is 0 Å². The molecule has 100 valence electrons. The van der Waals surface area contributed by atoms with Crippen LogP contribution in [0.1, 0.15) is 21.1 Å². The number of aromatic nitrogens is 1. The van der Waals surface area contributed by atoms with Gasteiger partial charge in [0.15, 0.2) is 5.78 Å². The second kappa shape index (κ2) is 6.27. The lowest BCUT2D eigenvalue weighted by Gasteiger charge is -2.05. The summed E-state index contributed by atoms with van der Waals surface area (Å²) in [6, 6.07) is 5.59. The van der Waals surface area contributed by atoms with Crippen molar-refractivity contribution in [3.8, 4) is 5.75 Å². The van der Waals surface area contributed by atoms with Crippen LogP contribution >= 0.6 is 27.3 Å². The van der Waals surface area contributed by atoms with Gasteiger partial charge in [-0.1, -0.05) is 6.07 Å². The van der Waals surface area contributed by atoms with E-state index in [1.807, 2.05) is 18.2 Å². The molecule has 4 nitrogen and oxygen atoms in total. The van der Waals surface area contributed by atoms with Crippen molar-refractivity contribution in [1.82, 2.24) is 4.98 Å². The van der Waals surface area contributed by atoms with Crippen molar-refractivity contribution in [2.24, 2.45) is 5.73 Å². The number of hydrogen-bond donors (Lipinski definition) is 1. The number of methoxy groups -OCH3 is 1. The van der Waals surface area contributed by atoms with Gasteiger partial charge in [-0.2, -0.15) is 0 Å². The predicted octanol–water partition coefficient (Wildman–Crippen LogP) is 2.80. The number of carbonyl (C=O) groups excluding carboxylic acids is 1. The molecule has 2 N–H and O–H groups in total. The van der Waals surface area contributed by atoms with E-state index in [9.17, 15) is 4.79 Å². The Kier molecular flexibility index (Phi) is 4.68. The topological polar surface area (TPSA) is 65.2 Å². The van der Waals surface area contributed by atoms with Crippen LogP contribution in [0.2, 0.25) is 0 Å². The number of Topliss-reactive ketones (excluding diaryl/α,β-unsaturated/α-hetero) is 1. The van der Waals surface area contributed by atoms with Gasteiger partial charge in [-0.25, -0.2) is 4.98 Å². The first kappa shape index (κ1) is 14.2. The van der Waals surface area contributed by atoms with Crippen LogP contribution in [-0.2, 0) is 13.0 Å². The largest absolute Gasteiger partial charge is 0.496 e. The molecule has 1 aromatic carbocycles. The van der Waals surface area contributed by atoms with Gasteiger partial charge in [0.25, 0.3) is 0 Å². The monoisotopic (exact) mass is 340 g/mol. The van der Waals surface area contributed by atoms with Crippen LogP contribution in [0.3, 0.4) is 0 Å². The van der Waals surface area contributed by atoms with E-state index >= 15 is 0 Å². The van der Waals surface area contributed by atoms with Gasteiger partial charge in [0.05, 0.1) is 11.6 Å². The van der Waals surface area contributed by atoms with Crippen LogP contribution in [0.25, 0.3) is 0 Å². The van der Waals surface area contributed by atoms with E-state index in [2.05, 4.69) is 20.9 Å². The number of benzene rings is 1. The third-order valence-corrected chi connectivity index (χ3v) is 4.08. The fraction of sp³-hybridized carbons (Fsp3) is 0.231. The molecule has 0 radical (unpaired) electrons. The second-order valence-corrected chi connectivity index (χ2v) is 5.70. The van der Waals surface area contributed by atoms with Crippen molar-refractivity contribution < 1.29 is 9.53 Å². The lowest BCUT2D eigenvalue weighted by Crippen LogP contribution is -2.05. The molecule has 6 heteroatoms. The minimum Gasteiger partial charge on any atom is -0.496 e. The maximum Gasteiger partial charge on any atom is 0.186 e. The van der Waals surface area contributed by atoms with Crippen molar-refractivity contribution in [1.29, 1.82) is 0 Å². The number of ether oxygens (including phenoxy) is 1. The number of ketones is 1. The minimum absolute atomic E-state index is 0.00647. The SMILES string of the molecule is COc1ccc(CC(=O)c2csc(CN)n2)cc1Br. The first-order chi connectivity index (χ1) is 9.13. The van der Waals surface area contributed by atoms with Crippen LogP contribution < -0.4 is 10.5 Å². The molecular weight excluding hydrogens is 328 g/mol. The van der Waals surface area contributed by atoms with Gasteiger partial charge in [0.2, 0.25) is 0 Å². The average molecular weight is 341 g/mol.